The van der Waals surface area contributed by atoms with Gasteiger partial charge in [0.15, 0.2) is 0 Å². The number of amides is 1. The van der Waals surface area contributed by atoms with E-state index in [9.17, 15) is 4.79 Å². The van der Waals surface area contributed by atoms with Gasteiger partial charge in [-0.15, -0.1) is 0 Å². The highest BCUT2D eigenvalue weighted by atomic mass is 16.1. The van der Waals surface area contributed by atoms with E-state index in [-0.39, 0.29) is 11.9 Å². The maximum Gasteiger partial charge on any atom is 0.234 e. The Bertz CT molecular complexity index is 566. The Morgan fingerprint density at radius 3 is 2.57 bits per heavy atom. The molecule has 1 atom stereocenters. The van der Waals surface area contributed by atoms with Crippen molar-refractivity contribution in [1.82, 2.24) is 15.6 Å². The van der Waals surface area contributed by atoms with Gasteiger partial charge in [0.25, 0.3) is 0 Å². The summed E-state index contributed by atoms with van der Waals surface area (Å²) in [5.74, 6) is -0.0275. The lowest BCUT2D eigenvalue weighted by Crippen LogP contribution is -2.36. The van der Waals surface area contributed by atoms with E-state index in [4.69, 9.17) is 0 Å². The molecule has 0 radical (unpaired) electrons. The minimum atomic E-state index is -0.116. The predicted octanol–water partition coefficient (Wildman–Crippen LogP) is 2.01. The molecule has 110 valence electrons. The van der Waals surface area contributed by atoms with Crippen LogP contribution in [-0.4, -0.2) is 24.5 Å². The summed E-state index contributed by atoms with van der Waals surface area (Å²) in [5.41, 5.74) is 3.29. The molecule has 0 saturated carbocycles. The molecule has 4 heteroatoms. The van der Waals surface area contributed by atoms with Gasteiger partial charge in [-0.25, -0.2) is 0 Å². The summed E-state index contributed by atoms with van der Waals surface area (Å²) < 4.78 is 0. The van der Waals surface area contributed by atoms with Gasteiger partial charge in [-0.2, -0.15) is 0 Å². The van der Waals surface area contributed by atoms with Crippen molar-refractivity contribution in [3.63, 3.8) is 0 Å². The van der Waals surface area contributed by atoms with Gasteiger partial charge in [0.1, 0.15) is 0 Å². The second-order valence-electron chi connectivity index (χ2n) is 5.09. The number of nitrogens with one attached hydrogen (secondary N) is 2. The third kappa shape index (κ3) is 4.68. The first-order valence-electron chi connectivity index (χ1n) is 7.09. The lowest BCUT2D eigenvalue weighted by Gasteiger charge is -2.18. The van der Waals surface area contributed by atoms with Gasteiger partial charge in [-0.1, -0.05) is 35.9 Å². The highest BCUT2D eigenvalue weighted by Gasteiger charge is 2.15. The molecule has 0 spiro atoms. The summed E-state index contributed by atoms with van der Waals surface area (Å²) >= 11 is 0. The van der Waals surface area contributed by atoms with Crippen LogP contribution < -0.4 is 10.6 Å². The number of pyridine rings is 1. The Hall–Kier alpha value is -2.20. The zero-order valence-corrected chi connectivity index (χ0v) is 12.5. The molecule has 0 fully saturated rings. The van der Waals surface area contributed by atoms with Crippen LogP contribution in [0.25, 0.3) is 0 Å². The predicted molar refractivity (Wildman–Crippen MR) is 83.9 cm³/mol. The van der Waals surface area contributed by atoms with Gasteiger partial charge in [0.05, 0.1) is 18.3 Å². The van der Waals surface area contributed by atoms with E-state index in [1.807, 2.05) is 18.2 Å². The number of aromatic nitrogens is 1. The van der Waals surface area contributed by atoms with E-state index >= 15 is 0 Å². The zero-order valence-electron chi connectivity index (χ0n) is 12.5. The lowest BCUT2D eigenvalue weighted by molar-refractivity contribution is -0.120. The Labute approximate surface area is 125 Å². The van der Waals surface area contributed by atoms with E-state index in [0.717, 1.165) is 12.1 Å². The van der Waals surface area contributed by atoms with Crippen molar-refractivity contribution in [2.24, 2.45) is 0 Å². The molecule has 2 aromatic rings. The van der Waals surface area contributed by atoms with Gasteiger partial charge in [0, 0.05) is 6.20 Å². The van der Waals surface area contributed by atoms with Gasteiger partial charge in [0.2, 0.25) is 5.91 Å². The van der Waals surface area contributed by atoms with Crippen LogP contribution >= 0.6 is 0 Å². The molecule has 0 saturated heterocycles. The summed E-state index contributed by atoms with van der Waals surface area (Å²) in [6, 6.07) is 14.0. The van der Waals surface area contributed by atoms with E-state index in [2.05, 4.69) is 46.8 Å². The molecular weight excluding hydrogens is 262 g/mol. The molecule has 1 amide bonds. The molecule has 21 heavy (non-hydrogen) atoms. The third-order valence-corrected chi connectivity index (χ3v) is 3.28. The van der Waals surface area contributed by atoms with Crippen molar-refractivity contribution >= 4 is 5.91 Å². The quantitative estimate of drug-likeness (QED) is 0.852. The molecule has 1 aromatic heterocycles. The molecule has 0 aliphatic rings. The van der Waals surface area contributed by atoms with Crippen LogP contribution in [0.1, 0.15) is 22.9 Å². The minimum Gasteiger partial charge on any atom is -0.346 e. The summed E-state index contributed by atoms with van der Waals surface area (Å²) in [4.78, 5) is 16.2. The fraction of sp³-hybridized carbons (Fsp3) is 0.294. The lowest BCUT2D eigenvalue weighted by atomic mass is 10.0. The van der Waals surface area contributed by atoms with Crippen LogP contribution in [0.3, 0.4) is 0 Å². The summed E-state index contributed by atoms with van der Waals surface area (Å²) in [7, 11) is 1.76. The largest absolute Gasteiger partial charge is 0.346 e. The fourth-order valence-electron chi connectivity index (χ4n) is 2.18. The molecule has 2 N–H and O–H groups in total. The first kappa shape index (κ1) is 15.2. The van der Waals surface area contributed by atoms with Crippen molar-refractivity contribution in [2.45, 2.75) is 19.4 Å². The Kier molecular flexibility index (Phi) is 5.46. The summed E-state index contributed by atoms with van der Waals surface area (Å²) in [6.07, 6.45) is 2.48. The zero-order chi connectivity index (χ0) is 15.1. The van der Waals surface area contributed by atoms with Crippen molar-refractivity contribution in [2.75, 3.05) is 13.6 Å². The average molecular weight is 283 g/mol. The van der Waals surface area contributed by atoms with Gasteiger partial charge in [-0.3, -0.25) is 9.78 Å². The Morgan fingerprint density at radius 2 is 1.95 bits per heavy atom. The second kappa shape index (κ2) is 7.55. The van der Waals surface area contributed by atoms with E-state index in [0.29, 0.717) is 6.54 Å². The summed E-state index contributed by atoms with van der Waals surface area (Å²) in [5, 5.41) is 5.90. The molecule has 1 heterocycles. The van der Waals surface area contributed by atoms with Gasteiger partial charge < -0.3 is 10.6 Å². The van der Waals surface area contributed by atoms with Gasteiger partial charge in [-0.05, 0) is 38.1 Å². The van der Waals surface area contributed by atoms with E-state index in [1.54, 1.807) is 13.2 Å². The van der Waals surface area contributed by atoms with E-state index in [1.165, 1.54) is 11.1 Å². The highest BCUT2D eigenvalue weighted by Crippen LogP contribution is 2.17. The van der Waals surface area contributed by atoms with E-state index < -0.39 is 0 Å². The Balaban J connectivity index is 2.15. The molecule has 4 nitrogen and oxygen atoms in total. The third-order valence-electron chi connectivity index (χ3n) is 3.28. The number of likely N-dealkylation sites (N-methyl/N-ethyl adjacent to an activating group) is 1. The number of aryl methyl sites for hydroxylation is 1. The van der Waals surface area contributed by atoms with Crippen LogP contribution in [0.5, 0.6) is 0 Å². The monoisotopic (exact) mass is 283 g/mol. The number of rotatable bonds is 6. The molecule has 1 aromatic carbocycles. The van der Waals surface area contributed by atoms with Crippen LogP contribution in [0.15, 0.2) is 48.7 Å². The average Bonchev–Trinajstić information content (AvgIpc) is 2.50. The fourth-order valence-corrected chi connectivity index (χ4v) is 2.18. The smallest absolute Gasteiger partial charge is 0.234 e. The van der Waals surface area contributed by atoms with Crippen molar-refractivity contribution in [1.29, 1.82) is 0 Å². The molecule has 0 bridgehead atoms. The molecule has 0 aliphatic heterocycles. The number of nitrogens with zero attached hydrogens (tertiary/aromatic N) is 1. The first-order valence-corrected chi connectivity index (χ1v) is 7.09. The molecule has 1 unspecified atom stereocenters. The normalized spacial score (nSPS) is 11.9. The highest BCUT2D eigenvalue weighted by molar-refractivity contribution is 5.78. The van der Waals surface area contributed by atoms with Gasteiger partial charge >= 0.3 is 0 Å². The standard InChI is InChI=1S/C17H21N3O/c1-13-6-8-14(9-7-13)11-16(20-17(21)12-18-2)15-5-3-4-10-19-15/h3-10,16,18H,11-12H2,1-2H3,(H,20,21). The number of benzene rings is 1. The number of hydrogen-bond donors (Lipinski definition) is 2. The van der Waals surface area contributed by atoms with Crippen LogP contribution in [0.2, 0.25) is 0 Å². The van der Waals surface area contributed by atoms with Crippen molar-refractivity contribution < 1.29 is 4.79 Å². The van der Waals surface area contributed by atoms with Crippen LogP contribution in [0.4, 0.5) is 0 Å². The maximum atomic E-state index is 11.9. The van der Waals surface area contributed by atoms with Crippen LogP contribution in [-0.2, 0) is 11.2 Å². The van der Waals surface area contributed by atoms with Crippen molar-refractivity contribution in [3.05, 3.63) is 65.5 Å². The Morgan fingerprint density at radius 1 is 1.19 bits per heavy atom. The second-order valence-corrected chi connectivity index (χ2v) is 5.09. The number of carbonyl (C=O) groups is 1. The SMILES string of the molecule is CNCC(=O)NC(Cc1ccc(C)cc1)c1ccccn1. The molecule has 2 rings (SSSR count). The number of carbonyl (C=O) groups excluding carboxylic acids is 1. The van der Waals surface area contributed by atoms with Crippen LogP contribution in [0, 0.1) is 6.92 Å². The maximum absolute atomic E-state index is 11.9. The molecule has 0 aliphatic carbocycles. The summed E-state index contributed by atoms with van der Waals surface area (Å²) in [6.45, 7) is 2.37. The van der Waals surface area contributed by atoms with Crippen molar-refractivity contribution in [3.8, 4) is 0 Å². The molecular formula is C17H21N3O. The number of hydrogen-bond acceptors (Lipinski definition) is 3. The topological polar surface area (TPSA) is 54.0 Å². The first-order chi connectivity index (χ1) is 10.2. The minimum absolute atomic E-state index is 0.0275.